The Morgan fingerprint density at radius 2 is 1.55 bits per heavy atom. The van der Waals surface area contributed by atoms with Crippen molar-refractivity contribution in [2.75, 3.05) is 36.8 Å². The van der Waals surface area contributed by atoms with Crippen molar-refractivity contribution in [2.24, 2.45) is 0 Å². The topological polar surface area (TPSA) is 49.9 Å². The van der Waals surface area contributed by atoms with Gasteiger partial charge >= 0.3 is 0 Å². The predicted molar refractivity (Wildman–Crippen MR) is 117 cm³/mol. The highest BCUT2D eigenvalue weighted by molar-refractivity contribution is 7.89. The standard InChI is InChI=1S/C23H29N2O3S/c26-29(27,19-14-20-8-2-1-3-9-20)25-17-12-21(13-18-25)28-23-11-5-4-10-22(23)24-15-6-7-16-24/h1-5,8-11,14,21H,6-7,12-13,15-19H2. The van der Waals surface area contributed by atoms with E-state index in [9.17, 15) is 8.42 Å². The van der Waals surface area contributed by atoms with Crippen molar-refractivity contribution in [3.8, 4) is 5.75 Å². The lowest BCUT2D eigenvalue weighted by Crippen LogP contribution is -2.42. The number of anilines is 1. The average molecular weight is 414 g/mol. The van der Waals surface area contributed by atoms with Crippen LogP contribution in [-0.4, -0.2) is 50.8 Å². The van der Waals surface area contributed by atoms with E-state index in [1.165, 1.54) is 12.8 Å². The van der Waals surface area contributed by atoms with Gasteiger partial charge in [0.1, 0.15) is 11.9 Å². The van der Waals surface area contributed by atoms with Gasteiger partial charge in [0.05, 0.1) is 11.4 Å². The van der Waals surface area contributed by atoms with Crippen LogP contribution in [0.3, 0.4) is 0 Å². The molecule has 0 aromatic heterocycles. The lowest BCUT2D eigenvalue weighted by atomic mass is 10.1. The maximum absolute atomic E-state index is 12.7. The van der Waals surface area contributed by atoms with Crippen LogP contribution in [0.15, 0.2) is 54.6 Å². The van der Waals surface area contributed by atoms with E-state index in [1.54, 1.807) is 10.7 Å². The van der Waals surface area contributed by atoms with Gasteiger partial charge in [0.25, 0.3) is 0 Å². The normalized spacial score (nSPS) is 18.8. The van der Waals surface area contributed by atoms with E-state index >= 15 is 0 Å². The fourth-order valence-corrected chi connectivity index (χ4v) is 5.46. The molecule has 155 valence electrons. The molecule has 0 N–H and O–H groups in total. The zero-order valence-electron chi connectivity index (χ0n) is 16.7. The molecule has 2 saturated heterocycles. The van der Waals surface area contributed by atoms with Crippen molar-refractivity contribution in [1.29, 1.82) is 0 Å². The van der Waals surface area contributed by atoms with Gasteiger partial charge in [-0.3, -0.25) is 0 Å². The largest absolute Gasteiger partial charge is 0.488 e. The minimum absolute atomic E-state index is 0.0420. The molecule has 0 aliphatic carbocycles. The van der Waals surface area contributed by atoms with Crippen molar-refractivity contribution in [2.45, 2.75) is 31.8 Å². The third-order valence-corrected chi connectivity index (χ3v) is 7.47. The van der Waals surface area contributed by atoms with Crippen LogP contribution in [0.25, 0.3) is 0 Å². The van der Waals surface area contributed by atoms with Gasteiger partial charge in [0.2, 0.25) is 10.0 Å². The molecular formula is C23H29N2O3S. The SMILES string of the molecule is O=S(=O)(C[CH]c1ccccc1)N1CCC(Oc2ccccc2N2CCCC2)CC1. The second kappa shape index (κ2) is 9.18. The molecule has 0 amide bonds. The summed E-state index contributed by atoms with van der Waals surface area (Å²) in [5, 5.41) is 0. The van der Waals surface area contributed by atoms with Crippen LogP contribution >= 0.6 is 0 Å². The highest BCUT2D eigenvalue weighted by Gasteiger charge is 2.29. The summed E-state index contributed by atoms with van der Waals surface area (Å²) in [5.74, 6) is 0.966. The number of ether oxygens (including phenoxy) is 1. The Kier molecular flexibility index (Phi) is 6.40. The molecule has 1 radical (unpaired) electrons. The predicted octanol–water partition coefficient (Wildman–Crippen LogP) is 3.71. The molecule has 0 atom stereocenters. The van der Waals surface area contributed by atoms with E-state index in [0.717, 1.165) is 42.9 Å². The minimum Gasteiger partial charge on any atom is -0.488 e. The quantitative estimate of drug-likeness (QED) is 0.694. The Morgan fingerprint density at radius 1 is 0.897 bits per heavy atom. The third-order valence-electron chi connectivity index (χ3n) is 5.73. The lowest BCUT2D eigenvalue weighted by molar-refractivity contribution is 0.135. The summed E-state index contributed by atoms with van der Waals surface area (Å²) in [4.78, 5) is 2.38. The summed E-state index contributed by atoms with van der Waals surface area (Å²) in [7, 11) is -3.29. The molecule has 0 saturated carbocycles. The van der Waals surface area contributed by atoms with E-state index in [0.29, 0.717) is 13.1 Å². The van der Waals surface area contributed by atoms with Gasteiger partial charge in [0, 0.05) is 32.6 Å². The number of para-hydroxylation sites is 2. The molecule has 0 bridgehead atoms. The van der Waals surface area contributed by atoms with Crippen molar-refractivity contribution in [3.05, 3.63) is 66.6 Å². The van der Waals surface area contributed by atoms with Crippen LogP contribution in [0.1, 0.15) is 31.2 Å². The van der Waals surface area contributed by atoms with Gasteiger partial charge in [-0.05, 0) is 43.4 Å². The summed E-state index contributed by atoms with van der Waals surface area (Å²) < 4.78 is 33.3. The molecule has 2 fully saturated rings. The molecular weight excluding hydrogens is 384 g/mol. The molecule has 4 rings (SSSR count). The van der Waals surface area contributed by atoms with Gasteiger partial charge < -0.3 is 9.64 Å². The number of hydrogen-bond donors (Lipinski definition) is 0. The van der Waals surface area contributed by atoms with Crippen LogP contribution in [0.5, 0.6) is 5.75 Å². The Bertz CT molecular complexity index is 887. The number of hydrogen-bond acceptors (Lipinski definition) is 4. The van der Waals surface area contributed by atoms with Gasteiger partial charge in [-0.25, -0.2) is 12.7 Å². The molecule has 0 spiro atoms. The Hall–Kier alpha value is -2.05. The van der Waals surface area contributed by atoms with E-state index in [4.69, 9.17) is 4.74 Å². The average Bonchev–Trinajstić information content (AvgIpc) is 3.29. The Morgan fingerprint density at radius 3 is 2.28 bits per heavy atom. The lowest BCUT2D eigenvalue weighted by Gasteiger charge is -2.32. The molecule has 0 unspecified atom stereocenters. The van der Waals surface area contributed by atoms with Gasteiger partial charge in [-0.15, -0.1) is 0 Å². The number of sulfonamides is 1. The summed E-state index contributed by atoms with van der Waals surface area (Å²) in [6.45, 7) is 3.19. The smallest absolute Gasteiger partial charge is 0.214 e. The second-order valence-electron chi connectivity index (χ2n) is 7.77. The summed E-state index contributed by atoms with van der Waals surface area (Å²) in [6, 6.07) is 17.8. The maximum Gasteiger partial charge on any atom is 0.214 e. The molecule has 2 aromatic rings. The summed E-state index contributed by atoms with van der Waals surface area (Å²) in [5.41, 5.74) is 2.10. The van der Waals surface area contributed by atoms with E-state index in [2.05, 4.69) is 17.0 Å². The fourth-order valence-electron chi connectivity index (χ4n) is 4.08. The molecule has 5 nitrogen and oxygen atoms in total. The second-order valence-corrected chi connectivity index (χ2v) is 9.79. The van der Waals surface area contributed by atoms with Crippen LogP contribution in [0.4, 0.5) is 5.69 Å². The highest BCUT2D eigenvalue weighted by Crippen LogP contribution is 2.32. The van der Waals surface area contributed by atoms with E-state index in [-0.39, 0.29) is 11.9 Å². The van der Waals surface area contributed by atoms with Crippen molar-refractivity contribution < 1.29 is 13.2 Å². The minimum atomic E-state index is -3.29. The summed E-state index contributed by atoms with van der Waals surface area (Å²) in [6.07, 6.45) is 5.74. The van der Waals surface area contributed by atoms with Crippen LogP contribution in [0, 0.1) is 6.42 Å². The molecule has 2 heterocycles. The maximum atomic E-state index is 12.7. The Labute approximate surface area is 174 Å². The number of nitrogens with zero attached hydrogens (tertiary/aromatic N) is 2. The van der Waals surface area contributed by atoms with Crippen LogP contribution in [-0.2, 0) is 10.0 Å². The zero-order chi connectivity index (χ0) is 20.1. The molecule has 2 aromatic carbocycles. The number of piperidine rings is 1. The molecule has 6 heteroatoms. The van der Waals surface area contributed by atoms with Crippen molar-refractivity contribution in [3.63, 3.8) is 0 Å². The fraction of sp³-hybridized carbons (Fsp3) is 0.435. The first-order chi connectivity index (χ1) is 14.1. The zero-order valence-corrected chi connectivity index (χ0v) is 17.6. The monoisotopic (exact) mass is 413 g/mol. The summed E-state index contributed by atoms with van der Waals surface area (Å²) >= 11 is 0. The van der Waals surface area contributed by atoms with E-state index < -0.39 is 10.0 Å². The highest BCUT2D eigenvalue weighted by atomic mass is 32.2. The molecule has 29 heavy (non-hydrogen) atoms. The number of rotatable bonds is 7. The van der Waals surface area contributed by atoms with Gasteiger partial charge in [-0.2, -0.15) is 0 Å². The van der Waals surface area contributed by atoms with Gasteiger partial charge in [0.15, 0.2) is 0 Å². The first kappa shape index (κ1) is 20.2. The first-order valence-electron chi connectivity index (χ1n) is 10.5. The van der Waals surface area contributed by atoms with E-state index in [1.807, 2.05) is 42.5 Å². The molecule has 2 aliphatic rings. The van der Waals surface area contributed by atoms with Crippen molar-refractivity contribution >= 4 is 15.7 Å². The Balaban J connectivity index is 1.32. The molecule has 2 aliphatic heterocycles. The van der Waals surface area contributed by atoms with Gasteiger partial charge in [-0.1, -0.05) is 42.5 Å². The van der Waals surface area contributed by atoms with Crippen molar-refractivity contribution in [1.82, 2.24) is 4.31 Å². The third kappa shape index (κ3) is 5.11. The van der Waals surface area contributed by atoms with Crippen LogP contribution in [0.2, 0.25) is 0 Å². The number of benzene rings is 2. The van der Waals surface area contributed by atoms with Crippen LogP contribution < -0.4 is 9.64 Å². The first-order valence-corrected chi connectivity index (χ1v) is 12.1.